The molecule has 0 spiro atoms. The van der Waals surface area contributed by atoms with Crippen molar-refractivity contribution in [1.82, 2.24) is 9.21 Å². The molecule has 45 heavy (non-hydrogen) atoms. The van der Waals surface area contributed by atoms with Crippen molar-refractivity contribution in [3.8, 4) is 5.75 Å². The van der Waals surface area contributed by atoms with Gasteiger partial charge in [-0.1, -0.05) is 18.5 Å². The first-order valence-electron chi connectivity index (χ1n) is 13.8. The van der Waals surface area contributed by atoms with Crippen molar-refractivity contribution in [3.63, 3.8) is 0 Å². The Morgan fingerprint density at radius 3 is 2.29 bits per heavy atom. The number of alkyl halides is 3. The van der Waals surface area contributed by atoms with Crippen LogP contribution in [-0.2, 0) is 16.2 Å². The number of likely N-dealkylation sites (N-methyl/N-ethyl adjacent to an activating group) is 1. The number of amides is 3. The van der Waals surface area contributed by atoms with E-state index in [-0.39, 0.29) is 53.2 Å². The molecule has 3 N–H and O–H groups in total. The van der Waals surface area contributed by atoms with Crippen LogP contribution in [0.15, 0.2) is 71.6 Å². The lowest BCUT2D eigenvalue weighted by molar-refractivity contribution is -0.137. The first-order chi connectivity index (χ1) is 21.1. The molecule has 3 aromatic rings. The molecule has 1 heterocycles. The van der Waals surface area contributed by atoms with Gasteiger partial charge in [-0.25, -0.2) is 13.2 Å². The van der Waals surface area contributed by atoms with Gasteiger partial charge in [0.15, 0.2) is 0 Å². The van der Waals surface area contributed by atoms with E-state index in [1.54, 1.807) is 6.92 Å². The van der Waals surface area contributed by atoms with Gasteiger partial charge in [-0.05, 0) is 73.7 Å². The molecule has 242 valence electrons. The lowest BCUT2D eigenvalue weighted by Gasteiger charge is -2.38. The van der Waals surface area contributed by atoms with Crippen LogP contribution in [0.2, 0.25) is 5.02 Å². The minimum Gasteiger partial charge on any atom is -0.488 e. The van der Waals surface area contributed by atoms with Crippen LogP contribution in [0, 0.1) is 5.92 Å². The van der Waals surface area contributed by atoms with Gasteiger partial charge >= 0.3 is 12.2 Å². The van der Waals surface area contributed by atoms with Gasteiger partial charge in [0.05, 0.1) is 35.2 Å². The predicted octanol–water partition coefficient (Wildman–Crippen LogP) is 5.54. The van der Waals surface area contributed by atoms with Gasteiger partial charge in [0.25, 0.3) is 5.91 Å². The first-order valence-corrected chi connectivity index (χ1v) is 15.6. The molecule has 1 aliphatic rings. The number of aliphatic hydroxyl groups excluding tert-OH is 1. The minimum absolute atomic E-state index is 0.0456. The largest absolute Gasteiger partial charge is 0.488 e. The van der Waals surface area contributed by atoms with Crippen LogP contribution in [0.4, 0.5) is 29.3 Å². The van der Waals surface area contributed by atoms with Crippen LogP contribution < -0.4 is 15.4 Å². The summed E-state index contributed by atoms with van der Waals surface area (Å²) in [6, 6.07) is 12.6. The highest BCUT2D eigenvalue weighted by Crippen LogP contribution is 2.32. The van der Waals surface area contributed by atoms with Crippen LogP contribution in [0.3, 0.4) is 0 Å². The fourth-order valence-corrected chi connectivity index (χ4v) is 6.00. The van der Waals surface area contributed by atoms with Crippen molar-refractivity contribution in [2.75, 3.05) is 37.4 Å². The maximum Gasteiger partial charge on any atom is 0.416 e. The molecule has 0 bridgehead atoms. The van der Waals surface area contributed by atoms with E-state index in [9.17, 15) is 36.3 Å². The Balaban J connectivity index is 1.58. The van der Waals surface area contributed by atoms with Crippen molar-refractivity contribution in [2.45, 2.75) is 37.1 Å². The summed E-state index contributed by atoms with van der Waals surface area (Å²) in [4.78, 5) is 27.8. The van der Waals surface area contributed by atoms with Gasteiger partial charge < -0.3 is 25.4 Å². The average Bonchev–Trinajstić information content (AvgIpc) is 2.98. The Morgan fingerprint density at radius 2 is 1.69 bits per heavy atom. The second-order valence-electron chi connectivity index (χ2n) is 10.7. The number of hydrogen-bond donors (Lipinski definition) is 3. The number of sulfonamides is 1. The van der Waals surface area contributed by atoms with Crippen molar-refractivity contribution in [1.29, 1.82) is 0 Å². The monoisotopic (exact) mass is 668 g/mol. The van der Waals surface area contributed by atoms with Gasteiger partial charge in [-0.2, -0.15) is 17.5 Å². The summed E-state index contributed by atoms with van der Waals surface area (Å²) in [6.07, 6.45) is -5.24. The number of nitrogens with zero attached hydrogens (tertiary/aromatic N) is 2. The Morgan fingerprint density at radius 1 is 1.09 bits per heavy atom. The highest BCUT2D eigenvalue weighted by molar-refractivity contribution is 7.89. The van der Waals surface area contributed by atoms with E-state index >= 15 is 0 Å². The van der Waals surface area contributed by atoms with Gasteiger partial charge in [0, 0.05) is 35.9 Å². The fourth-order valence-electron chi connectivity index (χ4n) is 4.69. The number of halogens is 4. The van der Waals surface area contributed by atoms with Crippen LogP contribution in [0.5, 0.6) is 5.75 Å². The van der Waals surface area contributed by atoms with E-state index in [0.29, 0.717) is 5.02 Å². The van der Waals surface area contributed by atoms with E-state index < -0.39 is 45.8 Å². The number of carbonyl (C=O) groups is 2. The van der Waals surface area contributed by atoms with E-state index in [4.69, 9.17) is 16.3 Å². The third-order valence-corrected chi connectivity index (χ3v) is 9.44. The molecule has 0 saturated heterocycles. The lowest BCUT2D eigenvalue weighted by atomic mass is 9.99. The summed E-state index contributed by atoms with van der Waals surface area (Å²) in [7, 11) is -2.50. The number of aliphatic hydroxyl groups is 1. The zero-order valence-corrected chi connectivity index (χ0v) is 26.1. The predicted molar refractivity (Wildman–Crippen MR) is 163 cm³/mol. The number of benzene rings is 3. The summed E-state index contributed by atoms with van der Waals surface area (Å²) < 4.78 is 72.5. The number of rotatable bonds is 8. The smallest absolute Gasteiger partial charge is 0.416 e. The Labute approximate surface area is 263 Å². The van der Waals surface area contributed by atoms with Crippen LogP contribution >= 0.6 is 11.6 Å². The zero-order valence-electron chi connectivity index (χ0n) is 24.5. The molecule has 0 unspecified atom stereocenters. The Bertz CT molecular complexity index is 1640. The summed E-state index contributed by atoms with van der Waals surface area (Å²) in [5, 5.41) is 15.3. The van der Waals surface area contributed by atoms with Crippen LogP contribution in [0.25, 0.3) is 0 Å². The molecule has 4 rings (SSSR count). The first kappa shape index (κ1) is 34.0. The Kier molecular flexibility index (Phi) is 10.3. The SMILES string of the molecule is C[C@@H]1CN([C@H](C)CO)C(=O)c2cc(NC(=O)Nc3ccc(C(F)(F)F)cc3)ccc2O[C@@H]1CN(C)S(=O)(=O)c1ccc(Cl)cc1. The molecular formula is C30H32ClF3N4O6S. The van der Waals surface area contributed by atoms with Crippen molar-refractivity contribution >= 4 is 44.9 Å². The minimum atomic E-state index is -4.52. The molecule has 0 aliphatic carbocycles. The van der Waals surface area contributed by atoms with Gasteiger partial charge in [0.2, 0.25) is 10.0 Å². The number of carbonyl (C=O) groups excluding carboxylic acids is 2. The quantitative estimate of drug-likeness (QED) is 0.289. The highest BCUT2D eigenvalue weighted by Gasteiger charge is 2.35. The van der Waals surface area contributed by atoms with Gasteiger partial charge in [-0.3, -0.25) is 4.79 Å². The maximum absolute atomic E-state index is 13.7. The van der Waals surface area contributed by atoms with Crippen molar-refractivity contribution in [2.24, 2.45) is 5.92 Å². The van der Waals surface area contributed by atoms with E-state index in [2.05, 4.69) is 10.6 Å². The zero-order chi connectivity index (χ0) is 33.1. The van der Waals surface area contributed by atoms with Gasteiger partial charge in [-0.15, -0.1) is 0 Å². The second kappa shape index (κ2) is 13.6. The summed E-state index contributed by atoms with van der Waals surface area (Å²) >= 11 is 5.92. The summed E-state index contributed by atoms with van der Waals surface area (Å²) in [6.45, 7) is 3.20. The molecular weight excluding hydrogens is 637 g/mol. The summed E-state index contributed by atoms with van der Waals surface area (Å²) in [5.74, 6) is -0.713. The van der Waals surface area contributed by atoms with E-state index in [1.807, 2.05) is 6.92 Å². The third-order valence-electron chi connectivity index (χ3n) is 7.35. The number of urea groups is 1. The summed E-state index contributed by atoms with van der Waals surface area (Å²) in [5.41, 5.74) is -0.512. The number of ether oxygens (including phenoxy) is 1. The molecule has 0 radical (unpaired) electrons. The van der Waals surface area contributed by atoms with Crippen LogP contribution in [0.1, 0.15) is 29.8 Å². The number of anilines is 2. The molecule has 0 saturated carbocycles. The van der Waals surface area contributed by atoms with E-state index in [0.717, 1.165) is 28.6 Å². The molecule has 3 amide bonds. The number of fused-ring (bicyclic) bond motifs is 1. The molecule has 0 fully saturated rings. The molecule has 15 heteroatoms. The third kappa shape index (κ3) is 8.06. The van der Waals surface area contributed by atoms with Crippen LogP contribution in [-0.4, -0.2) is 73.6 Å². The molecule has 3 aromatic carbocycles. The fraction of sp³-hybridized carbons (Fsp3) is 0.333. The van der Waals surface area contributed by atoms with Crippen molar-refractivity contribution < 1.29 is 41.0 Å². The molecule has 0 aromatic heterocycles. The topological polar surface area (TPSA) is 128 Å². The van der Waals surface area contributed by atoms with E-state index in [1.165, 1.54) is 54.4 Å². The number of nitrogens with one attached hydrogen (secondary N) is 2. The lowest BCUT2D eigenvalue weighted by Crippen LogP contribution is -2.50. The average molecular weight is 669 g/mol. The van der Waals surface area contributed by atoms with Gasteiger partial charge in [0.1, 0.15) is 11.9 Å². The van der Waals surface area contributed by atoms with Crippen molar-refractivity contribution in [3.05, 3.63) is 82.9 Å². The molecule has 10 nitrogen and oxygen atoms in total. The normalized spacial score (nSPS) is 18.0. The second-order valence-corrected chi connectivity index (χ2v) is 13.2. The highest BCUT2D eigenvalue weighted by atomic mass is 35.5. The molecule has 3 atom stereocenters. The standard InChI is InChI=1S/C30H32ClF3N4O6S/c1-18-15-38(19(2)17-39)28(40)25-14-23(36-29(41)35-22-8-4-20(5-9-22)30(32,33)34)10-13-26(25)44-27(18)16-37(3)45(42,43)24-11-6-21(31)7-12-24/h4-14,18-19,27,39H,15-17H2,1-3H3,(H2,35,36,41)/t18-,19-,27-/m1/s1. The Hall–Kier alpha value is -3.85. The maximum atomic E-state index is 13.7. The number of hydrogen-bond acceptors (Lipinski definition) is 6. The molecule has 1 aliphatic heterocycles.